The lowest BCUT2D eigenvalue weighted by Crippen LogP contribution is -2.38. The summed E-state index contributed by atoms with van der Waals surface area (Å²) in [6.07, 6.45) is 1.44. The van der Waals surface area contributed by atoms with Crippen molar-refractivity contribution in [2.75, 3.05) is 11.9 Å². The number of rotatable bonds is 2. The molecule has 0 atom stereocenters. The van der Waals surface area contributed by atoms with Gasteiger partial charge in [0.15, 0.2) is 0 Å². The van der Waals surface area contributed by atoms with Gasteiger partial charge in [0, 0.05) is 27.1 Å². The Labute approximate surface area is 98.6 Å². The van der Waals surface area contributed by atoms with Crippen molar-refractivity contribution in [1.82, 2.24) is 9.13 Å². The van der Waals surface area contributed by atoms with Gasteiger partial charge in [-0.2, -0.15) is 0 Å². The van der Waals surface area contributed by atoms with Crippen LogP contribution in [0.1, 0.15) is 18.9 Å². The lowest BCUT2D eigenvalue weighted by Gasteiger charge is -2.07. The number of hydrogen-bond acceptors (Lipinski definition) is 3. The minimum Gasteiger partial charge on any atom is -0.329 e. The second-order valence-electron chi connectivity index (χ2n) is 4.16. The summed E-state index contributed by atoms with van der Waals surface area (Å²) in [6, 6.07) is 0. The van der Waals surface area contributed by atoms with Gasteiger partial charge in [0.25, 0.3) is 5.56 Å². The monoisotopic (exact) mass is 236 g/mol. The average molecular weight is 236 g/mol. The van der Waals surface area contributed by atoms with Gasteiger partial charge in [0.2, 0.25) is 0 Å². The Morgan fingerprint density at radius 2 is 2.00 bits per heavy atom. The van der Waals surface area contributed by atoms with E-state index in [-0.39, 0.29) is 11.2 Å². The third-order valence-corrected chi connectivity index (χ3v) is 2.89. The van der Waals surface area contributed by atoms with Gasteiger partial charge in [0.05, 0.1) is 5.56 Å². The smallest absolute Gasteiger partial charge is 0.329 e. The lowest BCUT2D eigenvalue weighted by molar-refractivity contribution is 0.687. The molecule has 0 saturated heterocycles. The average Bonchev–Trinajstić information content (AvgIpc) is 2.75. The van der Waals surface area contributed by atoms with Gasteiger partial charge in [-0.25, -0.2) is 4.79 Å². The third kappa shape index (κ3) is 1.79. The van der Waals surface area contributed by atoms with E-state index in [1.807, 2.05) is 6.92 Å². The number of aliphatic imine (C=N–C) groups is 1. The SMILES string of the molecule is CCCN=C1Cc2c(n(C)c(=O)n(C)c2=O)N1. The molecular formula is C11H16N4O2. The van der Waals surface area contributed by atoms with Gasteiger partial charge in [-0.05, 0) is 6.42 Å². The standard InChI is InChI=1S/C11H16N4O2/c1-4-5-12-8-6-7-9(13-8)14(2)11(17)15(3)10(7)16/h4-6H2,1-3H3,(H,12,13). The quantitative estimate of drug-likeness (QED) is 0.777. The first-order valence-corrected chi connectivity index (χ1v) is 5.65. The molecule has 0 saturated carbocycles. The summed E-state index contributed by atoms with van der Waals surface area (Å²) in [5, 5.41) is 3.05. The van der Waals surface area contributed by atoms with E-state index in [2.05, 4.69) is 10.3 Å². The summed E-state index contributed by atoms with van der Waals surface area (Å²) >= 11 is 0. The molecule has 0 unspecified atom stereocenters. The molecule has 1 aliphatic heterocycles. The molecule has 0 aliphatic carbocycles. The predicted octanol–water partition coefficient (Wildman–Crippen LogP) is -0.140. The van der Waals surface area contributed by atoms with E-state index in [0.717, 1.165) is 23.4 Å². The second kappa shape index (κ2) is 4.20. The van der Waals surface area contributed by atoms with Crippen LogP contribution >= 0.6 is 0 Å². The number of anilines is 1. The van der Waals surface area contributed by atoms with E-state index in [9.17, 15) is 9.59 Å². The maximum Gasteiger partial charge on any atom is 0.332 e. The van der Waals surface area contributed by atoms with Crippen LogP contribution in [0, 0.1) is 0 Å². The number of hydrogen-bond donors (Lipinski definition) is 1. The summed E-state index contributed by atoms with van der Waals surface area (Å²) in [4.78, 5) is 28.0. The van der Waals surface area contributed by atoms with Gasteiger partial charge in [0.1, 0.15) is 11.7 Å². The molecule has 0 radical (unpaired) electrons. The Bertz CT molecular complexity index is 595. The molecule has 6 nitrogen and oxygen atoms in total. The van der Waals surface area contributed by atoms with Gasteiger partial charge < -0.3 is 5.32 Å². The van der Waals surface area contributed by atoms with Crippen LogP contribution < -0.4 is 16.6 Å². The first kappa shape index (κ1) is 11.6. The van der Waals surface area contributed by atoms with E-state index < -0.39 is 0 Å². The van der Waals surface area contributed by atoms with Crippen LogP contribution in [-0.2, 0) is 20.5 Å². The van der Waals surface area contributed by atoms with Crippen molar-refractivity contribution < 1.29 is 0 Å². The highest BCUT2D eigenvalue weighted by Gasteiger charge is 2.23. The van der Waals surface area contributed by atoms with Crippen molar-refractivity contribution in [2.45, 2.75) is 19.8 Å². The molecule has 2 rings (SSSR count). The first-order valence-electron chi connectivity index (χ1n) is 5.65. The Hall–Kier alpha value is -1.85. The Balaban J connectivity index is 2.53. The van der Waals surface area contributed by atoms with E-state index in [1.165, 1.54) is 11.6 Å². The fourth-order valence-electron chi connectivity index (χ4n) is 1.92. The van der Waals surface area contributed by atoms with Gasteiger partial charge in [-0.3, -0.25) is 18.9 Å². The zero-order chi connectivity index (χ0) is 12.6. The Morgan fingerprint density at radius 1 is 1.29 bits per heavy atom. The van der Waals surface area contributed by atoms with Crippen molar-refractivity contribution in [1.29, 1.82) is 0 Å². The fraction of sp³-hybridized carbons (Fsp3) is 0.545. The minimum absolute atomic E-state index is 0.239. The molecule has 6 heteroatoms. The summed E-state index contributed by atoms with van der Waals surface area (Å²) in [5.41, 5.74) is 0.0553. The van der Waals surface area contributed by atoms with E-state index >= 15 is 0 Å². The van der Waals surface area contributed by atoms with Gasteiger partial charge >= 0.3 is 5.69 Å². The second-order valence-corrected chi connectivity index (χ2v) is 4.16. The number of fused-ring (bicyclic) bond motifs is 1. The van der Waals surface area contributed by atoms with Gasteiger partial charge in [-0.1, -0.05) is 6.92 Å². The highest BCUT2D eigenvalue weighted by molar-refractivity contribution is 6.01. The van der Waals surface area contributed by atoms with Crippen molar-refractivity contribution in [3.8, 4) is 0 Å². The number of nitrogens with zero attached hydrogens (tertiary/aromatic N) is 3. The zero-order valence-corrected chi connectivity index (χ0v) is 10.3. The van der Waals surface area contributed by atoms with Crippen LogP contribution in [0.3, 0.4) is 0 Å². The molecule has 0 bridgehead atoms. The highest BCUT2D eigenvalue weighted by atomic mass is 16.2. The van der Waals surface area contributed by atoms with Crippen molar-refractivity contribution in [3.63, 3.8) is 0 Å². The molecule has 0 spiro atoms. The maximum atomic E-state index is 11.9. The maximum absolute atomic E-state index is 11.9. The number of aromatic nitrogens is 2. The number of amidine groups is 1. The molecule has 0 amide bonds. The van der Waals surface area contributed by atoms with Crippen LogP contribution in [0.5, 0.6) is 0 Å². The zero-order valence-electron chi connectivity index (χ0n) is 10.3. The summed E-state index contributed by atoms with van der Waals surface area (Å²) in [5.74, 6) is 1.34. The molecule has 92 valence electrons. The van der Waals surface area contributed by atoms with Crippen LogP contribution in [0.4, 0.5) is 5.82 Å². The third-order valence-electron chi connectivity index (χ3n) is 2.89. The lowest BCUT2D eigenvalue weighted by atomic mass is 10.2. The number of nitrogens with one attached hydrogen (secondary N) is 1. The van der Waals surface area contributed by atoms with Crippen molar-refractivity contribution >= 4 is 11.7 Å². The molecule has 0 aromatic carbocycles. The van der Waals surface area contributed by atoms with Gasteiger partial charge in [-0.15, -0.1) is 0 Å². The Kier molecular flexibility index (Phi) is 2.87. The molecule has 1 aromatic heterocycles. The van der Waals surface area contributed by atoms with E-state index in [1.54, 1.807) is 7.05 Å². The predicted molar refractivity (Wildman–Crippen MR) is 66.8 cm³/mol. The van der Waals surface area contributed by atoms with Crippen LogP contribution in [0.25, 0.3) is 0 Å². The normalized spacial score (nSPS) is 16.1. The molecular weight excluding hydrogens is 220 g/mol. The first-order chi connectivity index (χ1) is 8.06. The van der Waals surface area contributed by atoms with Crippen LogP contribution in [0.15, 0.2) is 14.6 Å². The molecule has 1 aromatic rings. The van der Waals surface area contributed by atoms with Crippen LogP contribution in [-0.4, -0.2) is 21.5 Å². The summed E-state index contributed by atoms with van der Waals surface area (Å²) < 4.78 is 2.58. The fourth-order valence-corrected chi connectivity index (χ4v) is 1.92. The minimum atomic E-state index is -0.321. The topological polar surface area (TPSA) is 68.4 Å². The molecule has 2 heterocycles. The molecule has 17 heavy (non-hydrogen) atoms. The molecule has 1 N–H and O–H groups in total. The summed E-state index contributed by atoms with van der Waals surface area (Å²) in [7, 11) is 3.14. The van der Waals surface area contributed by atoms with Crippen molar-refractivity contribution in [2.24, 2.45) is 19.1 Å². The Morgan fingerprint density at radius 3 is 2.65 bits per heavy atom. The highest BCUT2D eigenvalue weighted by Crippen LogP contribution is 2.17. The largest absolute Gasteiger partial charge is 0.332 e. The van der Waals surface area contributed by atoms with Crippen LogP contribution in [0.2, 0.25) is 0 Å². The molecule has 1 aliphatic rings. The van der Waals surface area contributed by atoms with E-state index in [4.69, 9.17) is 0 Å². The molecule has 0 fully saturated rings. The summed E-state index contributed by atoms with van der Waals surface area (Å²) in [6.45, 7) is 2.77. The van der Waals surface area contributed by atoms with Crippen molar-refractivity contribution in [3.05, 3.63) is 26.4 Å². The van der Waals surface area contributed by atoms with E-state index in [0.29, 0.717) is 17.8 Å².